The molecule has 18 heavy (non-hydrogen) atoms. The number of benzene rings is 1. The Hall–Kier alpha value is -2.17. The number of hydrogen-bond acceptors (Lipinski definition) is 4. The van der Waals surface area contributed by atoms with Gasteiger partial charge in [-0.1, -0.05) is 0 Å². The molecule has 5 heteroatoms. The van der Waals surface area contributed by atoms with Gasteiger partial charge in [0, 0.05) is 13.2 Å². The summed E-state index contributed by atoms with van der Waals surface area (Å²) in [6, 6.07) is 6.21. The summed E-state index contributed by atoms with van der Waals surface area (Å²) in [5.74, 6) is 0.937. The molecule has 94 valence electrons. The van der Waals surface area contributed by atoms with Crippen LogP contribution in [-0.4, -0.2) is 17.0 Å². The standard InChI is InChI=1S/C13H14FN3O/c1-9-7-10(14)3-4-12(9)18-8-11-5-6-16-13(15-2)17-11/h3-7H,8H2,1-2H3,(H,15,16,17). The lowest BCUT2D eigenvalue weighted by atomic mass is 10.2. The average Bonchev–Trinajstić information content (AvgIpc) is 2.38. The van der Waals surface area contributed by atoms with Gasteiger partial charge >= 0.3 is 0 Å². The summed E-state index contributed by atoms with van der Waals surface area (Å²) in [5, 5.41) is 2.86. The smallest absolute Gasteiger partial charge is 0.222 e. The zero-order valence-electron chi connectivity index (χ0n) is 10.3. The second-order valence-electron chi connectivity index (χ2n) is 3.82. The Morgan fingerprint density at radius 1 is 1.33 bits per heavy atom. The van der Waals surface area contributed by atoms with Gasteiger partial charge in [0.2, 0.25) is 5.95 Å². The molecule has 0 unspecified atom stereocenters. The summed E-state index contributed by atoms with van der Waals surface area (Å²) in [7, 11) is 1.75. The Morgan fingerprint density at radius 3 is 2.89 bits per heavy atom. The minimum Gasteiger partial charge on any atom is -0.487 e. The van der Waals surface area contributed by atoms with Crippen molar-refractivity contribution >= 4 is 5.95 Å². The van der Waals surface area contributed by atoms with Crippen molar-refractivity contribution in [2.24, 2.45) is 0 Å². The van der Waals surface area contributed by atoms with Gasteiger partial charge in [-0.2, -0.15) is 0 Å². The molecule has 0 atom stereocenters. The van der Waals surface area contributed by atoms with Crippen LogP contribution in [0.4, 0.5) is 10.3 Å². The van der Waals surface area contributed by atoms with Crippen molar-refractivity contribution in [3.8, 4) is 5.75 Å². The van der Waals surface area contributed by atoms with Gasteiger partial charge in [-0.25, -0.2) is 14.4 Å². The maximum absolute atomic E-state index is 12.9. The third-order valence-corrected chi connectivity index (χ3v) is 2.45. The lowest BCUT2D eigenvalue weighted by Gasteiger charge is -2.09. The van der Waals surface area contributed by atoms with Gasteiger partial charge < -0.3 is 10.1 Å². The molecule has 2 rings (SSSR count). The van der Waals surface area contributed by atoms with Gasteiger partial charge in [-0.05, 0) is 36.8 Å². The molecular weight excluding hydrogens is 233 g/mol. The molecule has 0 bridgehead atoms. The Labute approximate surface area is 105 Å². The maximum Gasteiger partial charge on any atom is 0.222 e. The zero-order chi connectivity index (χ0) is 13.0. The van der Waals surface area contributed by atoms with Crippen LogP contribution in [0.25, 0.3) is 0 Å². The number of nitrogens with one attached hydrogen (secondary N) is 1. The lowest BCUT2D eigenvalue weighted by molar-refractivity contribution is 0.298. The molecule has 0 saturated heterocycles. The summed E-state index contributed by atoms with van der Waals surface area (Å²) in [6.45, 7) is 2.13. The first-order valence-electron chi connectivity index (χ1n) is 5.57. The van der Waals surface area contributed by atoms with Gasteiger partial charge in [0.15, 0.2) is 0 Å². The van der Waals surface area contributed by atoms with E-state index in [-0.39, 0.29) is 5.82 Å². The van der Waals surface area contributed by atoms with E-state index in [1.807, 2.05) is 0 Å². The van der Waals surface area contributed by atoms with E-state index in [2.05, 4.69) is 15.3 Å². The van der Waals surface area contributed by atoms with Crippen LogP contribution in [0.15, 0.2) is 30.5 Å². The number of aryl methyl sites for hydroxylation is 1. The Bertz CT molecular complexity index is 546. The molecule has 0 aliphatic heterocycles. The summed E-state index contributed by atoms with van der Waals surface area (Å²) in [5.41, 5.74) is 1.52. The zero-order valence-corrected chi connectivity index (χ0v) is 10.3. The van der Waals surface area contributed by atoms with Crippen LogP contribution in [0.2, 0.25) is 0 Å². The summed E-state index contributed by atoms with van der Waals surface area (Å²) in [6.07, 6.45) is 1.66. The van der Waals surface area contributed by atoms with Gasteiger partial charge in [-0.3, -0.25) is 0 Å². The van der Waals surface area contributed by atoms with Crippen LogP contribution in [0.3, 0.4) is 0 Å². The summed E-state index contributed by atoms with van der Waals surface area (Å²) < 4.78 is 18.5. The van der Waals surface area contributed by atoms with Crippen LogP contribution in [0.5, 0.6) is 5.75 Å². The molecule has 4 nitrogen and oxygen atoms in total. The van der Waals surface area contributed by atoms with Gasteiger partial charge in [0.1, 0.15) is 18.2 Å². The predicted molar refractivity (Wildman–Crippen MR) is 67.0 cm³/mol. The first-order chi connectivity index (χ1) is 8.69. The molecule has 1 heterocycles. The number of aromatic nitrogens is 2. The van der Waals surface area contributed by atoms with Crippen molar-refractivity contribution < 1.29 is 9.13 Å². The fourth-order valence-electron chi connectivity index (χ4n) is 1.52. The molecule has 1 aromatic heterocycles. The molecule has 0 fully saturated rings. The summed E-state index contributed by atoms with van der Waals surface area (Å²) >= 11 is 0. The maximum atomic E-state index is 12.9. The third-order valence-electron chi connectivity index (χ3n) is 2.45. The highest BCUT2D eigenvalue weighted by molar-refractivity contribution is 5.32. The van der Waals surface area contributed by atoms with E-state index in [1.54, 1.807) is 32.3 Å². The van der Waals surface area contributed by atoms with E-state index in [0.29, 0.717) is 18.3 Å². The van der Waals surface area contributed by atoms with Crippen molar-refractivity contribution in [1.82, 2.24) is 9.97 Å². The predicted octanol–water partition coefficient (Wildman–Crippen LogP) is 2.54. The van der Waals surface area contributed by atoms with Crippen molar-refractivity contribution in [2.45, 2.75) is 13.5 Å². The molecule has 2 aromatic rings. The quantitative estimate of drug-likeness (QED) is 0.902. The van der Waals surface area contributed by atoms with Crippen LogP contribution >= 0.6 is 0 Å². The van der Waals surface area contributed by atoms with Crippen molar-refractivity contribution in [3.63, 3.8) is 0 Å². The Kier molecular flexibility index (Phi) is 3.72. The van der Waals surface area contributed by atoms with Crippen molar-refractivity contribution in [1.29, 1.82) is 0 Å². The second-order valence-corrected chi connectivity index (χ2v) is 3.82. The van der Waals surface area contributed by atoms with Gasteiger partial charge in [0.25, 0.3) is 0 Å². The van der Waals surface area contributed by atoms with Gasteiger partial charge in [-0.15, -0.1) is 0 Å². The van der Waals surface area contributed by atoms with Gasteiger partial charge in [0.05, 0.1) is 5.69 Å². The van der Waals surface area contributed by atoms with E-state index < -0.39 is 0 Å². The SMILES string of the molecule is CNc1nccc(COc2ccc(F)cc2C)n1. The molecule has 1 N–H and O–H groups in total. The first-order valence-corrected chi connectivity index (χ1v) is 5.57. The highest BCUT2D eigenvalue weighted by atomic mass is 19.1. The Balaban J connectivity index is 2.06. The van der Waals surface area contributed by atoms with E-state index in [9.17, 15) is 4.39 Å². The number of nitrogens with zero attached hydrogens (tertiary/aromatic N) is 2. The van der Waals surface area contributed by atoms with Crippen LogP contribution in [-0.2, 0) is 6.61 Å². The second kappa shape index (κ2) is 5.44. The van der Waals surface area contributed by atoms with E-state index in [0.717, 1.165) is 11.3 Å². The molecule has 0 saturated carbocycles. The fourth-order valence-corrected chi connectivity index (χ4v) is 1.52. The molecule has 1 aromatic carbocycles. The molecule has 0 radical (unpaired) electrons. The molecular formula is C13H14FN3O. The monoisotopic (exact) mass is 247 g/mol. The molecule has 0 aliphatic carbocycles. The van der Waals surface area contributed by atoms with E-state index >= 15 is 0 Å². The molecule has 0 amide bonds. The van der Waals surface area contributed by atoms with E-state index in [1.165, 1.54) is 12.1 Å². The van der Waals surface area contributed by atoms with Crippen molar-refractivity contribution in [2.75, 3.05) is 12.4 Å². The first kappa shape index (κ1) is 12.3. The Morgan fingerprint density at radius 2 is 2.17 bits per heavy atom. The normalized spacial score (nSPS) is 10.2. The lowest BCUT2D eigenvalue weighted by Crippen LogP contribution is -2.03. The highest BCUT2D eigenvalue weighted by Gasteiger charge is 2.03. The minimum atomic E-state index is -0.264. The van der Waals surface area contributed by atoms with E-state index in [4.69, 9.17) is 4.74 Å². The largest absolute Gasteiger partial charge is 0.487 e. The van der Waals surface area contributed by atoms with Crippen LogP contribution < -0.4 is 10.1 Å². The van der Waals surface area contributed by atoms with Crippen molar-refractivity contribution in [3.05, 3.63) is 47.5 Å². The number of hydrogen-bond donors (Lipinski definition) is 1. The average molecular weight is 247 g/mol. The number of halogens is 1. The molecule has 0 spiro atoms. The highest BCUT2D eigenvalue weighted by Crippen LogP contribution is 2.19. The number of ether oxygens (including phenoxy) is 1. The van der Waals surface area contributed by atoms with Crippen LogP contribution in [0, 0.1) is 12.7 Å². The van der Waals surface area contributed by atoms with Crippen LogP contribution in [0.1, 0.15) is 11.3 Å². The minimum absolute atomic E-state index is 0.264. The fraction of sp³-hybridized carbons (Fsp3) is 0.231. The summed E-state index contributed by atoms with van der Waals surface area (Å²) in [4.78, 5) is 8.25. The number of rotatable bonds is 4. The third kappa shape index (κ3) is 2.94. The topological polar surface area (TPSA) is 47.0 Å². The number of anilines is 1. The molecule has 0 aliphatic rings.